The first-order valence-electron chi connectivity index (χ1n) is 8.33. The lowest BCUT2D eigenvalue weighted by atomic mass is 9.97. The van der Waals surface area contributed by atoms with Crippen LogP contribution in [-0.2, 0) is 0 Å². The lowest BCUT2D eigenvalue weighted by Crippen LogP contribution is -2.25. The van der Waals surface area contributed by atoms with E-state index in [0.29, 0.717) is 17.9 Å². The van der Waals surface area contributed by atoms with Gasteiger partial charge in [-0.3, -0.25) is 4.79 Å². The Kier molecular flexibility index (Phi) is 5.31. The highest BCUT2D eigenvalue weighted by atomic mass is 16.5. The summed E-state index contributed by atoms with van der Waals surface area (Å²) in [4.78, 5) is 12.4. The van der Waals surface area contributed by atoms with Crippen LogP contribution in [0, 0.1) is 0 Å². The van der Waals surface area contributed by atoms with Gasteiger partial charge in [-0.25, -0.2) is 0 Å². The van der Waals surface area contributed by atoms with Crippen LogP contribution in [0.25, 0.3) is 11.3 Å². The minimum atomic E-state index is -0.154. The summed E-state index contributed by atoms with van der Waals surface area (Å²) in [6.07, 6.45) is 9.53. The maximum Gasteiger partial charge on any atom is 0.256 e. The van der Waals surface area contributed by atoms with Crippen molar-refractivity contribution in [2.24, 2.45) is 0 Å². The normalized spacial score (nSPS) is 14.1. The van der Waals surface area contributed by atoms with Crippen LogP contribution in [0.1, 0.15) is 42.5 Å². The minimum Gasteiger partial charge on any atom is -0.497 e. The van der Waals surface area contributed by atoms with Crippen molar-refractivity contribution in [3.05, 3.63) is 47.7 Å². The van der Waals surface area contributed by atoms with Crippen LogP contribution in [0.15, 0.2) is 46.6 Å². The van der Waals surface area contributed by atoms with Crippen molar-refractivity contribution in [1.29, 1.82) is 0 Å². The molecule has 0 bridgehead atoms. The maximum atomic E-state index is 12.4. The van der Waals surface area contributed by atoms with Gasteiger partial charge in [0.2, 0.25) is 0 Å². The van der Waals surface area contributed by atoms with Crippen LogP contribution in [0.5, 0.6) is 5.75 Å². The molecular formula is C19H22N2O3. The van der Waals surface area contributed by atoms with Gasteiger partial charge in [0.1, 0.15) is 11.3 Å². The standard InChI is InChI=1S/C19H22N2O3/c1-23-16-9-7-15(8-10-16)18-17(13-21-24-18)19(22)20-12-11-14-5-3-2-4-6-14/h5,7-10,13H,2-4,6,11-12H2,1H3,(H,20,22). The number of nitrogens with one attached hydrogen (secondary N) is 1. The molecule has 1 aromatic heterocycles. The lowest BCUT2D eigenvalue weighted by molar-refractivity contribution is 0.0954. The summed E-state index contributed by atoms with van der Waals surface area (Å²) in [7, 11) is 1.62. The van der Waals surface area contributed by atoms with Gasteiger partial charge in [0.25, 0.3) is 5.91 Å². The lowest BCUT2D eigenvalue weighted by Gasteiger charge is -2.12. The van der Waals surface area contributed by atoms with Crippen molar-refractivity contribution in [2.75, 3.05) is 13.7 Å². The fraction of sp³-hybridized carbons (Fsp3) is 0.368. The van der Waals surface area contributed by atoms with Gasteiger partial charge >= 0.3 is 0 Å². The molecule has 0 aliphatic heterocycles. The quantitative estimate of drug-likeness (QED) is 0.816. The Hall–Kier alpha value is -2.56. The molecule has 24 heavy (non-hydrogen) atoms. The van der Waals surface area contributed by atoms with Crippen molar-refractivity contribution in [2.45, 2.75) is 32.1 Å². The first-order valence-corrected chi connectivity index (χ1v) is 8.33. The largest absolute Gasteiger partial charge is 0.497 e. The van der Waals surface area contributed by atoms with Crippen molar-refractivity contribution in [3.8, 4) is 17.1 Å². The smallest absolute Gasteiger partial charge is 0.256 e. The molecule has 0 atom stereocenters. The molecule has 1 N–H and O–H groups in total. The zero-order valence-electron chi connectivity index (χ0n) is 13.9. The number of allylic oxidation sites excluding steroid dienone is 1. The number of amides is 1. The van der Waals surface area contributed by atoms with Crippen molar-refractivity contribution < 1.29 is 14.1 Å². The Morgan fingerprint density at radius 3 is 2.83 bits per heavy atom. The third kappa shape index (κ3) is 3.85. The number of carbonyl (C=O) groups is 1. The van der Waals surface area contributed by atoms with Gasteiger partial charge in [0.15, 0.2) is 5.76 Å². The van der Waals surface area contributed by atoms with Crippen LogP contribution < -0.4 is 10.1 Å². The SMILES string of the molecule is COc1ccc(-c2oncc2C(=O)NCCC2=CCCCC2)cc1. The number of ether oxygens (including phenoxy) is 1. The number of nitrogens with zero attached hydrogens (tertiary/aromatic N) is 1. The number of rotatable bonds is 6. The molecule has 3 rings (SSSR count). The molecule has 1 aliphatic rings. The molecule has 126 valence electrons. The van der Waals surface area contributed by atoms with Gasteiger partial charge in [0.05, 0.1) is 13.3 Å². The van der Waals surface area contributed by atoms with E-state index < -0.39 is 0 Å². The number of methoxy groups -OCH3 is 1. The predicted molar refractivity (Wildman–Crippen MR) is 92.0 cm³/mol. The summed E-state index contributed by atoms with van der Waals surface area (Å²) in [5.74, 6) is 1.08. The molecule has 1 amide bonds. The zero-order valence-corrected chi connectivity index (χ0v) is 13.9. The number of hydrogen-bond donors (Lipinski definition) is 1. The molecule has 1 heterocycles. The fourth-order valence-electron chi connectivity index (χ4n) is 2.92. The van der Waals surface area contributed by atoms with Gasteiger partial charge in [0, 0.05) is 12.1 Å². The highest BCUT2D eigenvalue weighted by Gasteiger charge is 2.17. The highest BCUT2D eigenvalue weighted by Crippen LogP contribution is 2.26. The Morgan fingerprint density at radius 1 is 1.29 bits per heavy atom. The van der Waals surface area contributed by atoms with Crippen LogP contribution in [0.2, 0.25) is 0 Å². The summed E-state index contributed by atoms with van der Waals surface area (Å²) in [6, 6.07) is 7.36. The van der Waals surface area contributed by atoms with Crippen molar-refractivity contribution >= 4 is 5.91 Å². The molecule has 0 spiro atoms. The Balaban J connectivity index is 1.63. The number of hydrogen-bond acceptors (Lipinski definition) is 4. The van der Waals surface area contributed by atoms with E-state index >= 15 is 0 Å². The van der Waals surface area contributed by atoms with E-state index in [1.54, 1.807) is 7.11 Å². The molecule has 1 aromatic carbocycles. The minimum absolute atomic E-state index is 0.154. The fourth-order valence-corrected chi connectivity index (χ4v) is 2.92. The predicted octanol–water partition coefficient (Wildman–Crippen LogP) is 3.97. The molecule has 0 fully saturated rings. The van der Waals surface area contributed by atoms with E-state index in [4.69, 9.17) is 9.26 Å². The average Bonchev–Trinajstić information content (AvgIpc) is 3.12. The third-order valence-corrected chi connectivity index (χ3v) is 4.28. The topological polar surface area (TPSA) is 64.4 Å². The van der Waals surface area contributed by atoms with Crippen LogP contribution in [0.3, 0.4) is 0 Å². The summed E-state index contributed by atoms with van der Waals surface area (Å²) in [5.41, 5.74) is 2.70. The molecule has 2 aromatic rings. The number of benzene rings is 1. The van der Waals surface area contributed by atoms with E-state index in [0.717, 1.165) is 30.6 Å². The van der Waals surface area contributed by atoms with Crippen LogP contribution in [-0.4, -0.2) is 24.7 Å². The average molecular weight is 326 g/mol. The molecule has 0 saturated heterocycles. The Labute approximate surface area is 141 Å². The zero-order chi connectivity index (χ0) is 16.8. The van der Waals surface area contributed by atoms with E-state index in [1.807, 2.05) is 24.3 Å². The van der Waals surface area contributed by atoms with Gasteiger partial charge < -0.3 is 14.6 Å². The molecule has 0 unspecified atom stereocenters. The summed E-state index contributed by atoms with van der Waals surface area (Å²) in [5, 5.41) is 6.74. The molecular weight excluding hydrogens is 304 g/mol. The van der Waals surface area contributed by atoms with E-state index in [1.165, 1.54) is 24.6 Å². The highest BCUT2D eigenvalue weighted by molar-refractivity contribution is 5.99. The maximum absolute atomic E-state index is 12.4. The Bertz CT molecular complexity index is 716. The van der Waals surface area contributed by atoms with Gasteiger partial charge in [-0.05, 0) is 56.4 Å². The van der Waals surface area contributed by atoms with Gasteiger partial charge in [-0.2, -0.15) is 0 Å². The van der Waals surface area contributed by atoms with Gasteiger partial charge in [-0.1, -0.05) is 16.8 Å². The Morgan fingerprint density at radius 2 is 2.12 bits per heavy atom. The molecule has 1 aliphatic carbocycles. The van der Waals surface area contributed by atoms with Crippen LogP contribution in [0.4, 0.5) is 0 Å². The first kappa shape index (κ1) is 16.3. The second-order valence-electron chi connectivity index (χ2n) is 5.91. The molecule has 0 saturated carbocycles. The second-order valence-corrected chi connectivity index (χ2v) is 5.91. The van der Waals surface area contributed by atoms with E-state index in [9.17, 15) is 4.79 Å². The third-order valence-electron chi connectivity index (χ3n) is 4.28. The molecule has 5 heteroatoms. The van der Waals surface area contributed by atoms with Crippen molar-refractivity contribution in [3.63, 3.8) is 0 Å². The van der Waals surface area contributed by atoms with E-state index in [2.05, 4.69) is 16.5 Å². The van der Waals surface area contributed by atoms with Gasteiger partial charge in [-0.15, -0.1) is 0 Å². The molecule has 0 radical (unpaired) electrons. The van der Waals surface area contributed by atoms with Crippen LogP contribution >= 0.6 is 0 Å². The van der Waals surface area contributed by atoms with E-state index in [-0.39, 0.29) is 5.91 Å². The summed E-state index contributed by atoms with van der Waals surface area (Å²) >= 11 is 0. The number of carbonyl (C=O) groups excluding carboxylic acids is 1. The molecule has 5 nitrogen and oxygen atoms in total. The summed E-state index contributed by atoms with van der Waals surface area (Å²) < 4.78 is 10.4. The number of aromatic nitrogens is 1. The first-order chi connectivity index (χ1) is 11.8. The monoisotopic (exact) mass is 326 g/mol. The van der Waals surface area contributed by atoms with Crippen molar-refractivity contribution in [1.82, 2.24) is 10.5 Å². The second kappa shape index (κ2) is 7.81. The summed E-state index contributed by atoms with van der Waals surface area (Å²) in [6.45, 7) is 0.637.